The minimum atomic E-state index is 0.526. The zero-order valence-corrected chi connectivity index (χ0v) is 9.63. The third-order valence-corrected chi connectivity index (χ3v) is 3.68. The van der Waals surface area contributed by atoms with Crippen molar-refractivity contribution in [3.63, 3.8) is 0 Å². The van der Waals surface area contributed by atoms with Crippen molar-refractivity contribution in [2.24, 2.45) is 0 Å². The van der Waals surface area contributed by atoms with E-state index in [0.29, 0.717) is 10.9 Å². The third-order valence-electron chi connectivity index (χ3n) is 2.93. The van der Waals surface area contributed by atoms with Gasteiger partial charge in [-0.3, -0.25) is 4.90 Å². The summed E-state index contributed by atoms with van der Waals surface area (Å²) < 4.78 is 5.63. The summed E-state index contributed by atoms with van der Waals surface area (Å²) in [7, 11) is 0. The summed E-state index contributed by atoms with van der Waals surface area (Å²) in [5, 5.41) is 0. The maximum absolute atomic E-state index is 5.63. The highest BCUT2D eigenvalue weighted by atomic mass is 79.9. The van der Waals surface area contributed by atoms with E-state index in [2.05, 4.69) is 20.8 Å². The molecule has 2 atom stereocenters. The van der Waals surface area contributed by atoms with Gasteiger partial charge >= 0.3 is 0 Å². The predicted octanol–water partition coefficient (Wildman–Crippen LogP) is 2.02. The molecular weight excluding hydrogens is 230 g/mol. The largest absolute Gasteiger partial charge is 0.377 e. The number of nitrogens with zero attached hydrogens (tertiary/aromatic N) is 1. The van der Waals surface area contributed by atoms with Crippen LogP contribution < -0.4 is 0 Å². The van der Waals surface area contributed by atoms with Crippen LogP contribution in [0.1, 0.15) is 25.7 Å². The molecule has 0 radical (unpaired) electrons. The average Bonchev–Trinajstić information content (AvgIpc) is 2.57. The molecule has 0 spiro atoms. The van der Waals surface area contributed by atoms with Gasteiger partial charge in [0, 0.05) is 24.5 Å². The van der Waals surface area contributed by atoms with Gasteiger partial charge in [-0.05, 0) is 32.2 Å². The van der Waals surface area contributed by atoms with Crippen molar-refractivity contribution in [3.8, 4) is 0 Å². The molecule has 2 heterocycles. The molecule has 0 aromatic carbocycles. The molecular formula is C10H18BrNO. The second kappa shape index (κ2) is 4.76. The molecule has 0 N–H and O–H groups in total. The third kappa shape index (κ3) is 2.93. The van der Waals surface area contributed by atoms with Crippen molar-refractivity contribution in [2.45, 2.75) is 36.6 Å². The van der Waals surface area contributed by atoms with E-state index in [9.17, 15) is 0 Å². The lowest BCUT2D eigenvalue weighted by molar-refractivity contribution is 0.0678. The number of hydrogen-bond donors (Lipinski definition) is 0. The van der Waals surface area contributed by atoms with E-state index < -0.39 is 0 Å². The molecule has 3 heteroatoms. The van der Waals surface area contributed by atoms with Crippen LogP contribution in [0.4, 0.5) is 0 Å². The lowest BCUT2D eigenvalue weighted by Gasteiger charge is -2.31. The second-order valence-electron chi connectivity index (χ2n) is 4.13. The quantitative estimate of drug-likeness (QED) is 0.693. The lowest BCUT2D eigenvalue weighted by Crippen LogP contribution is -2.40. The number of halogens is 1. The summed E-state index contributed by atoms with van der Waals surface area (Å²) in [6.45, 7) is 4.61. The molecule has 2 fully saturated rings. The van der Waals surface area contributed by atoms with Crippen LogP contribution in [0.25, 0.3) is 0 Å². The Kier molecular flexibility index (Phi) is 3.64. The number of alkyl halides is 1. The van der Waals surface area contributed by atoms with Crippen molar-refractivity contribution in [3.05, 3.63) is 0 Å². The molecule has 2 saturated heterocycles. The van der Waals surface area contributed by atoms with E-state index in [1.807, 2.05) is 0 Å². The van der Waals surface area contributed by atoms with Gasteiger partial charge in [0.05, 0.1) is 6.10 Å². The van der Waals surface area contributed by atoms with Crippen molar-refractivity contribution < 1.29 is 4.74 Å². The fourth-order valence-corrected chi connectivity index (χ4v) is 2.97. The molecule has 0 amide bonds. The van der Waals surface area contributed by atoms with Gasteiger partial charge in [-0.2, -0.15) is 0 Å². The standard InChI is InChI=1S/C10H18BrNO/c11-9-3-1-5-12(7-9)8-10-4-2-6-13-10/h9-10H,1-8H2. The van der Waals surface area contributed by atoms with Gasteiger partial charge in [0.15, 0.2) is 0 Å². The molecule has 2 unspecified atom stereocenters. The number of piperidine rings is 1. The Morgan fingerprint density at radius 1 is 1.31 bits per heavy atom. The average molecular weight is 248 g/mol. The van der Waals surface area contributed by atoms with E-state index >= 15 is 0 Å². The van der Waals surface area contributed by atoms with Gasteiger partial charge in [-0.15, -0.1) is 0 Å². The highest BCUT2D eigenvalue weighted by molar-refractivity contribution is 9.09. The SMILES string of the molecule is BrC1CCCN(CC2CCCO2)C1. The zero-order chi connectivity index (χ0) is 9.10. The topological polar surface area (TPSA) is 12.5 Å². The van der Waals surface area contributed by atoms with Gasteiger partial charge in [-0.25, -0.2) is 0 Å². The smallest absolute Gasteiger partial charge is 0.0702 e. The van der Waals surface area contributed by atoms with Crippen molar-refractivity contribution in [2.75, 3.05) is 26.2 Å². The van der Waals surface area contributed by atoms with Gasteiger partial charge in [-0.1, -0.05) is 15.9 Å². The molecule has 0 saturated carbocycles. The van der Waals surface area contributed by atoms with E-state index in [1.165, 1.54) is 38.8 Å². The first kappa shape index (κ1) is 9.94. The van der Waals surface area contributed by atoms with Crippen LogP contribution in [-0.4, -0.2) is 42.1 Å². The Balaban J connectivity index is 1.73. The second-order valence-corrected chi connectivity index (χ2v) is 5.43. The fourth-order valence-electron chi connectivity index (χ4n) is 2.24. The number of ether oxygens (including phenoxy) is 1. The fraction of sp³-hybridized carbons (Fsp3) is 1.00. The monoisotopic (exact) mass is 247 g/mol. The molecule has 0 aliphatic carbocycles. The van der Waals surface area contributed by atoms with Gasteiger partial charge in [0.1, 0.15) is 0 Å². The van der Waals surface area contributed by atoms with E-state index in [-0.39, 0.29) is 0 Å². The molecule has 0 bridgehead atoms. The summed E-state index contributed by atoms with van der Waals surface area (Å²) in [5.74, 6) is 0. The first-order chi connectivity index (χ1) is 6.34. The first-order valence-corrected chi connectivity index (χ1v) is 6.24. The maximum atomic E-state index is 5.63. The Morgan fingerprint density at radius 3 is 2.92 bits per heavy atom. The van der Waals surface area contributed by atoms with Crippen molar-refractivity contribution in [1.29, 1.82) is 0 Å². The van der Waals surface area contributed by atoms with Crippen LogP contribution in [0, 0.1) is 0 Å². The zero-order valence-electron chi connectivity index (χ0n) is 8.04. The first-order valence-electron chi connectivity index (χ1n) is 5.32. The van der Waals surface area contributed by atoms with Crippen LogP contribution in [0.5, 0.6) is 0 Å². The van der Waals surface area contributed by atoms with Crippen LogP contribution in [-0.2, 0) is 4.74 Å². The Hall–Kier alpha value is 0.400. The normalized spacial score (nSPS) is 36.7. The van der Waals surface area contributed by atoms with E-state index in [4.69, 9.17) is 4.74 Å². The van der Waals surface area contributed by atoms with Crippen LogP contribution in [0.2, 0.25) is 0 Å². The van der Waals surface area contributed by atoms with Crippen LogP contribution in [0.15, 0.2) is 0 Å². The highest BCUT2D eigenvalue weighted by Gasteiger charge is 2.22. The van der Waals surface area contributed by atoms with Gasteiger partial charge < -0.3 is 4.74 Å². The molecule has 76 valence electrons. The van der Waals surface area contributed by atoms with Gasteiger partial charge in [0.2, 0.25) is 0 Å². The highest BCUT2D eigenvalue weighted by Crippen LogP contribution is 2.19. The molecule has 2 rings (SSSR count). The van der Waals surface area contributed by atoms with Crippen molar-refractivity contribution >= 4 is 15.9 Å². The minimum absolute atomic E-state index is 0.526. The minimum Gasteiger partial charge on any atom is -0.377 e. The molecule has 13 heavy (non-hydrogen) atoms. The summed E-state index contributed by atoms with van der Waals surface area (Å²) in [5.41, 5.74) is 0. The van der Waals surface area contributed by atoms with E-state index in [1.54, 1.807) is 0 Å². The molecule has 2 aliphatic heterocycles. The summed E-state index contributed by atoms with van der Waals surface area (Å²) in [4.78, 5) is 3.25. The number of rotatable bonds is 2. The lowest BCUT2D eigenvalue weighted by atomic mass is 10.1. The summed E-state index contributed by atoms with van der Waals surface area (Å²) >= 11 is 3.70. The Bertz CT molecular complexity index is 159. The van der Waals surface area contributed by atoms with E-state index in [0.717, 1.165) is 13.2 Å². The Labute approximate surface area is 88.8 Å². The predicted molar refractivity (Wildman–Crippen MR) is 57.4 cm³/mol. The Morgan fingerprint density at radius 2 is 2.23 bits per heavy atom. The van der Waals surface area contributed by atoms with Crippen LogP contribution >= 0.6 is 15.9 Å². The molecule has 2 aliphatic rings. The number of likely N-dealkylation sites (tertiary alicyclic amines) is 1. The molecule has 2 nitrogen and oxygen atoms in total. The molecule has 0 aromatic heterocycles. The number of hydrogen-bond acceptors (Lipinski definition) is 2. The summed E-state index contributed by atoms with van der Waals surface area (Å²) in [6.07, 6.45) is 5.72. The maximum Gasteiger partial charge on any atom is 0.0702 e. The van der Waals surface area contributed by atoms with Crippen LogP contribution in [0.3, 0.4) is 0 Å². The van der Waals surface area contributed by atoms with Gasteiger partial charge in [0.25, 0.3) is 0 Å². The summed E-state index contributed by atoms with van der Waals surface area (Å²) in [6, 6.07) is 0. The van der Waals surface area contributed by atoms with Crippen molar-refractivity contribution in [1.82, 2.24) is 4.90 Å². The molecule has 0 aromatic rings.